The van der Waals surface area contributed by atoms with Gasteiger partial charge in [-0.05, 0) is 40.0 Å². The molecule has 10 nitrogen and oxygen atoms in total. The summed E-state index contributed by atoms with van der Waals surface area (Å²) < 4.78 is 44.1. The summed E-state index contributed by atoms with van der Waals surface area (Å²) in [5, 5.41) is 0. The molecule has 0 aromatic heterocycles. The molecule has 0 aliphatic rings. The van der Waals surface area contributed by atoms with Crippen LogP contribution in [0.5, 0.6) is 0 Å². The molecule has 0 radical (unpaired) electrons. The van der Waals surface area contributed by atoms with Gasteiger partial charge in [0.25, 0.3) is 0 Å². The molecule has 0 aromatic carbocycles. The zero-order chi connectivity index (χ0) is 24.6. The lowest BCUT2D eigenvalue weighted by molar-refractivity contribution is -0.157. The first kappa shape index (κ1) is 30.5. The Hall–Kier alpha value is -1.48. The predicted molar refractivity (Wildman–Crippen MR) is 117 cm³/mol. The number of phosphoric acid groups is 1. The Morgan fingerprint density at radius 2 is 0.844 bits per heavy atom. The minimum atomic E-state index is -4.57. The van der Waals surface area contributed by atoms with Crippen molar-refractivity contribution in [3.05, 3.63) is 0 Å². The van der Waals surface area contributed by atoms with Gasteiger partial charge in [0.1, 0.15) is 0 Å². The molecule has 0 saturated heterocycles. The number of unbranched alkanes of at least 4 members (excludes halogenated alkanes) is 3. The Morgan fingerprint density at radius 1 is 0.594 bits per heavy atom. The smallest absolute Gasteiger partial charge is 0.464 e. The largest absolute Gasteiger partial charge is 0.477 e. The van der Waals surface area contributed by atoms with Crippen molar-refractivity contribution in [1.82, 2.24) is 0 Å². The maximum Gasteiger partial charge on any atom is 0.477 e. The summed E-state index contributed by atoms with van der Waals surface area (Å²) in [6, 6.07) is 0. The Balaban J connectivity index is 5.25. The lowest BCUT2D eigenvalue weighted by Crippen LogP contribution is -2.30. The zero-order valence-corrected chi connectivity index (χ0v) is 21.0. The van der Waals surface area contributed by atoms with Crippen LogP contribution in [0, 0.1) is 0 Å². The van der Waals surface area contributed by atoms with E-state index in [1.807, 2.05) is 20.8 Å². The average molecular weight is 483 g/mol. The molecule has 32 heavy (non-hydrogen) atoms. The van der Waals surface area contributed by atoms with E-state index in [0.717, 1.165) is 19.3 Å². The summed E-state index contributed by atoms with van der Waals surface area (Å²) in [6.07, 6.45) is 0.449. The lowest BCUT2D eigenvalue weighted by Gasteiger charge is -2.25. The minimum absolute atomic E-state index is 0.176. The molecule has 0 aliphatic heterocycles. The summed E-state index contributed by atoms with van der Waals surface area (Å²) in [6.45, 7) is 10.3. The molecule has 0 bridgehead atoms. The van der Waals surface area contributed by atoms with Crippen LogP contribution in [0.4, 0.5) is 0 Å². The van der Waals surface area contributed by atoms with Crippen LogP contribution in [-0.2, 0) is 46.7 Å². The molecule has 0 amide bonds. The van der Waals surface area contributed by atoms with Gasteiger partial charge in [-0.1, -0.05) is 40.0 Å². The molecule has 0 saturated carbocycles. The molecule has 0 heterocycles. The van der Waals surface area contributed by atoms with Crippen molar-refractivity contribution in [3.63, 3.8) is 0 Å². The van der Waals surface area contributed by atoms with Gasteiger partial charge in [-0.25, -0.2) is 18.9 Å². The van der Waals surface area contributed by atoms with Crippen molar-refractivity contribution in [2.24, 2.45) is 0 Å². The third kappa shape index (κ3) is 13.2. The van der Waals surface area contributed by atoms with Crippen molar-refractivity contribution in [3.8, 4) is 0 Å². The van der Waals surface area contributed by atoms with E-state index in [9.17, 15) is 18.9 Å². The Kier molecular flexibility index (Phi) is 16.3. The number of hydrogen-bond acceptors (Lipinski definition) is 10. The second-order valence-electron chi connectivity index (χ2n) is 7.25. The summed E-state index contributed by atoms with van der Waals surface area (Å²) in [4.78, 5) is 36.4. The molecule has 0 aromatic rings. The van der Waals surface area contributed by atoms with Gasteiger partial charge in [0.05, 0.1) is 19.8 Å². The van der Waals surface area contributed by atoms with Crippen molar-refractivity contribution in [1.29, 1.82) is 0 Å². The van der Waals surface area contributed by atoms with Crippen LogP contribution in [0.2, 0.25) is 0 Å². The topological polar surface area (TPSA) is 124 Å². The number of ether oxygens (including phenoxy) is 3. The lowest BCUT2D eigenvalue weighted by atomic mass is 10.3. The molecule has 188 valence electrons. The van der Waals surface area contributed by atoms with E-state index in [0.29, 0.717) is 19.3 Å². The van der Waals surface area contributed by atoms with Crippen molar-refractivity contribution in [2.45, 2.75) is 98.4 Å². The first-order valence-corrected chi connectivity index (χ1v) is 12.7. The zero-order valence-electron chi connectivity index (χ0n) is 20.1. The molecule has 0 aliphatic carbocycles. The molecular weight excluding hydrogens is 443 g/mol. The highest BCUT2D eigenvalue weighted by Gasteiger charge is 2.40. The summed E-state index contributed by atoms with van der Waals surface area (Å²) in [7, 11) is -4.57. The van der Waals surface area contributed by atoms with Crippen LogP contribution in [0.25, 0.3) is 0 Å². The number of esters is 3. The Bertz CT molecular complexity index is 529. The molecular formula is C21H39O10P. The number of phosphoric ester groups is 1. The first-order chi connectivity index (χ1) is 15.1. The van der Waals surface area contributed by atoms with Gasteiger partial charge < -0.3 is 14.2 Å². The van der Waals surface area contributed by atoms with E-state index in [4.69, 9.17) is 27.8 Å². The van der Waals surface area contributed by atoms with Gasteiger partial charge in [0, 0.05) is 0 Å². The van der Waals surface area contributed by atoms with Crippen LogP contribution in [0.3, 0.4) is 0 Å². The SMILES string of the molecule is CCCCOC(=O)[C@H](C)OP(=O)(O[C@H](C)C(=O)OCCCC)O[C@H](C)C(=O)OCCCC. The van der Waals surface area contributed by atoms with E-state index < -0.39 is 44.0 Å². The number of carbonyl (C=O) groups excluding carboxylic acids is 3. The van der Waals surface area contributed by atoms with Crippen LogP contribution in [-0.4, -0.2) is 56.0 Å². The van der Waals surface area contributed by atoms with Gasteiger partial charge >= 0.3 is 25.7 Å². The van der Waals surface area contributed by atoms with E-state index in [2.05, 4.69) is 0 Å². The molecule has 3 atom stereocenters. The van der Waals surface area contributed by atoms with Crippen LogP contribution >= 0.6 is 7.82 Å². The fourth-order valence-corrected chi connectivity index (χ4v) is 3.66. The maximum atomic E-state index is 13.3. The molecule has 0 fully saturated rings. The van der Waals surface area contributed by atoms with Gasteiger partial charge in [-0.3, -0.25) is 13.6 Å². The van der Waals surface area contributed by atoms with Crippen LogP contribution in [0.1, 0.15) is 80.1 Å². The quantitative estimate of drug-likeness (QED) is 0.121. The third-order valence-corrected chi connectivity index (χ3v) is 5.81. The minimum Gasteiger partial charge on any atom is -0.464 e. The third-order valence-electron chi connectivity index (χ3n) is 4.08. The standard InChI is InChI=1S/C21H39O10P/c1-7-10-13-26-19(22)16(4)29-32(25,30-17(5)20(23)27-14-11-8-2)31-18(6)21(24)28-15-12-9-3/h16-18H,7-15H2,1-6H3/t16-,17-,18+/m1/s1. The van der Waals surface area contributed by atoms with Gasteiger partial charge in [0.2, 0.25) is 0 Å². The maximum absolute atomic E-state index is 13.3. The Labute approximate surface area is 191 Å². The molecule has 0 rings (SSSR count). The highest BCUT2D eigenvalue weighted by molar-refractivity contribution is 7.48. The molecule has 0 unspecified atom stereocenters. The number of hydrogen-bond donors (Lipinski definition) is 0. The first-order valence-electron chi connectivity index (χ1n) is 11.2. The molecule has 0 spiro atoms. The molecule has 11 heteroatoms. The average Bonchev–Trinajstić information content (AvgIpc) is 2.73. The molecule has 0 N–H and O–H groups in total. The number of rotatable bonds is 18. The second-order valence-corrected chi connectivity index (χ2v) is 8.78. The van der Waals surface area contributed by atoms with Gasteiger partial charge in [-0.15, -0.1) is 0 Å². The summed E-state index contributed by atoms with van der Waals surface area (Å²) >= 11 is 0. The summed E-state index contributed by atoms with van der Waals surface area (Å²) in [5.41, 5.74) is 0. The van der Waals surface area contributed by atoms with Crippen LogP contribution < -0.4 is 0 Å². The van der Waals surface area contributed by atoms with E-state index >= 15 is 0 Å². The highest BCUT2D eigenvalue weighted by Crippen LogP contribution is 2.53. The summed E-state index contributed by atoms with van der Waals surface area (Å²) in [5.74, 6) is -2.33. The van der Waals surface area contributed by atoms with E-state index in [-0.39, 0.29) is 19.8 Å². The normalized spacial score (nSPS) is 14.3. The fraction of sp³-hybridized carbons (Fsp3) is 0.857. The number of carbonyl (C=O) groups is 3. The Morgan fingerprint density at radius 3 is 1.06 bits per heavy atom. The second kappa shape index (κ2) is 17.1. The van der Waals surface area contributed by atoms with Crippen molar-refractivity contribution in [2.75, 3.05) is 19.8 Å². The van der Waals surface area contributed by atoms with E-state index in [1.165, 1.54) is 20.8 Å². The van der Waals surface area contributed by atoms with Gasteiger partial charge in [0.15, 0.2) is 18.3 Å². The van der Waals surface area contributed by atoms with Crippen LogP contribution in [0.15, 0.2) is 0 Å². The van der Waals surface area contributed by atoms with Gasteiger partial charge in [-0.2, -0.15) is 0 Å². The fourth-order valence-electron chi connectivity index (χ4n) is 2.09. The van der Waals surface area contributed by atoms with Crippen molar-refractivity contribution < 1.29 is 46.7 Å². The predicted octanol–water partition coefficient (Wildman–Crippen LogP) is 4.34. The monoisotopic (exact) mass is 482 g/mol. The van der Waals surface area contributed by atoms with E-state index in [1.54, 1.807) is 0 Å². The van der Waals surface area contributed by atoms with Crippen molar-refractivity contribution >= 4 is 25.7 Å². The highest BCUT2D eigenvalue weighted by atomic mass is 31.2.